The van der Waals surface area contributed by atoms with Gasteiger partial charge in [-0.05, 0) is 41.5 Å². The average Bonchev–Trinajstić information content (AvgIpc) is 2.93. The summed E-state index contributed by atoms with van der Waals surface area (Å²) in [4.78, 5) is 3.50. The Bertz CT molecular complexity index is 804. The number of hydrogen-bond donors (Lipinski definition) is 1. The predicted octanol–water partition coefficient (Wildman–Crippen LogP) is 4.40. The first-order valence-corrected chi connectivity index (χ1v) is 6.61. The molecule has 1 aliphatic rings. The van der Waals surface area contributed by atoms with E-state index in [9.17, 15) is 0 Å². The van der Waals surface area contributed by atoms with Gasteiger partial charge in [-0.25, -0.2) is 0 Å². The Morgan fingerprint density at radius 2 is 2.05 bits per heavy atom. The molecule has 0 unspecified atom stereocenters. The third-order valence-corrected chi connectivity index (χ3v) is 4.05. The first-order chi connectivity index (χ1) is 9.26. The van der Waals surface area contributed by atoms with Crippen molar-refractivity contribution in [2.75, 3.05) is 7.11 Å². The molecule has 0 saturated heterocycles. The topological polar surface area (TPSA) is 25.0 Å². The summed E-state index contributed by atoms with van der Waals surface area (Å²) in [6.45, 7) is 0. The van der Waals surface area contributed by atoms with Crippen LogP contribution in [0.2, 0.25) is 5.02 Å². The van der Waals surface area contributed by atoms with Crippen LogP contribution in [-0.2, 0) is 6.42 Å². The average molecular weight is 270 g/mol. The molecule has 1 aromatic heterocycles. The van der Waals surface area contributed by atoms with E-state index in [-0.39, 0.29) is 0 Å². The van der Waals surface area contributed by atoms with Gasteiger partial charge in [-0.3, -0.25) is 0 Å². The highest BCUT2D eigenvalue weighted by Gasteiger charge is 2.23. The molecule has 1 N–H and O–H groups in total. The van der Waals surface area contributed by atoms with Crippen molar-refractivity contribution in [3.63, 3.8) is 0 Å². The summed E-state index contributed by atoms with van der Waals surface area (Å²) in [7, 11) is 1.70. The summed E-state index contributed by atoms with van der Waals surface area (Å²) < 4.78 is 5.31. The van der Waals surface area contributed by atoms with Crippen LogP contribution in [0.15, 0.2) is 36.4 Å². The SMILES string of the molecule is COc1ccc2[nH]c3c(c2c1)Cc1cc(Cl)ccc1-3. The normalized spacial score (nSPS) is 12.5. The monoisotopic (exact) mass is 269 g/mol. The summed E-state index contributed by atoms with van der Waals surface area (Å²) >= 11 is 6.07. The molecule has 4 rings (SSSR count). The lowest BCUT2D eigenvalue weighted by Crippen LogP contribution is -1.84. The molecular formula is C16H12ClNO. The van der Waals surface area contributed by atoms with Crippen LogP contribution >= 0.6 is 11.6 Å². The first-order valence-electron chi connectivity index (χ1n) is 6.23. The summed E-state index contributed by atoms with van der Waals surface area (Å²) in [6.07, 6.45) is 0.929. The molecule has 0 atom stereocenters. The Kier molecular flexibility index (Phi) is 2.18. The van der Waals surface area contributed by atoms with Crippen LogP contribution in [0.5, 0.6) is 5.75 Å². The Morgan fingerprint density at radius 3 is 2.89 bits per heavy atom. The van der Waals surface area contributed by atoms with E-state index in [0.717, 1.165) is 22.7 Å². The standard InChI is InChI=1S/C16H12ClNO/c1-19-11-3-5-15-13(8-11)14-7-9-6-10(17)2-4-12(9)16(14)18-15/h2-6,8,18H,7H2,1H3. The zero-order valence-electron chi connectivity index (χ0n) is 10.5. The van der Waals surface area contributed by atoms with Crippen LogP contribution in [0.1, 0.15) is 11.1 Å². The van der Waals surface area contributed by atoms with Gasteiger partial charge in [-0.15, -0.1) is 0 Å². The quantitative estimate of drug-likeness (QED) is 0.544. The number of aromatic amines is 1. The van der Waals surface area contributed by atoms with E-state index in [2.05, 4.69) is 29.2 Å². The van der Waals surface area contributed by atoms with Crippen molar-refractivity contribution in [2.24, 2.45) is 0 Å². The van der Waals surface area contributed by atoms with Gasteiger partial charge in [0.05, 0.1) is 12.8 Å². The zero-order valence-corrected chi connectivity index (χ0v) is 11.2. The fraction of sp³-hybridized carbons (Fsp3) is 0.125. The van der Waals surface area contributed by atoms with E-state index in [1.807, 2.05) is 12.1 Å². The van der Waals surface area contributed by atoms with Gasteiger partial charge in [0.15, 0.2) is 0 Å². The minimum absolute atomic E-state index is 0.797. The predicted molar refractivity (Wildman–Crippen MR) is 78.1 cm³/mol. The van der Waals surface area contributed by atoms with Crippen LogP contribution in [0.3, 0.4) is 0 Å². The van der Waals surface area contributed by atoms with Gasteiger partial charge in [0.2, 0.25) is 0 Å². The molecule has 1 heterocycles. The van der Waals surface area contributed by atoms with Crippen molar-refractivity contribution >= 4 is 22.5 Å². The number of ether oxygens (including phenoxy) is 1. The van der Waals surface area contributed by atoms with Gasteiger partial charge in [-0.2, -0.15) is 0 Å². The molecule has 3 heteroatoms. The van der Waals surface area contributed by atoms with Crippen LogP contribution in [0.25, 0.3) is 22.2 Å². The third-order valence-electron chi connectivity index (χ3n) is 3.82. The summed E-state index contributed by atoms with van der Waals surface area (Å²) in [5, 5.41) is 2.03. The number of nitrogens with one attached hydrogen (secondary N) is 1. The third kappa shape index (κ3) is 1.50. The van der Waals surface area contributed by atoms with Gasteiger partial charge in [0.25, 0.3) is 0 Å². The van der Waals surface area contributed by atoms with Crippen molar-refractivity contribution in [2.45, 2.75) is 6.42 Å². The summed E-state index contributed by atoms with van der Waals surface area (Å²) in [5.74, 6) is 0.892. The molecule has 3 aromatic rings. The molecule has 2 aromatic carbocycles. The van der Waals surface area contributed by atoms with Gasteiger partial charge < -0.3 is 9.72 Å². The maximum Gasteiger partial charge on any atom is 0.119 e. The molecule has 0 bridgehead atoms. The van der Waals surface area contributed by atoms with Crippen LogP contribution < -0.4 is 4.74 Å². The van der Waals surface area contributed by atoms with E-state index in [0.29, 0.717) is 0 Å². The van der Waals surface area contributed by atoms with Gasteiger partial charge in [-0.1, -0.05) is 17.7 Å². The largest absolute Gasteiger partial charge is 0.497 e. The Hall–Kier alpha value is -1.93. The van der Waals surface area contributed by atoms with Crippen molar-refractivity contribution in [3.05, 3.63) is 52.5 Å². The highest BCUT2D eigenvalue weighted by Crippen LogP contribution is 2.41. The molecule has 94 valence electrons. The number of fused-ring (bicyclic) bond motifs is 5. The number of halogens is 1. The summed E-state index contributed by atoms with van der Waals surface area (Å²) in [5.41, 5.74) is 6.26. The summed E-state index contributed by atoms with van der Waals surface area (Å²) in [6, 6.07) is 12.2. The molecule has 19 heavy (non-hydrogen) atoms. The zero-order chi connectivity index (χ0) is 13.0. The fourth-order valence-corrected chi connectivity index (χ4v) is 3.10. The number of aromatic nitrogens is 1. The molecular weight excluding hydrogens is 258 g/mol. The second-order valence-electron chi connectivity index (χ2n) is 4.87. The minimum Gasteiger partial charge on any atom is -0.497 e. The molecule has 0 aliphatic heterocycles. The van der Waals surface area contributed by atoms with Crippen LogP contribution in [0.4, 0.5) is 0 Å². The van der Waals surface area contributed by atoms with E-state index in [1.165, 1.54) is 27.8 Å². The lowest BCUT2D eigenvalue weighted by Gasteiger charge is -2.02. The Labute approximate surface area is 116 Å². The minimum atomic E-state index is 0.797. The van der Waals surface area contributed by atoms with E-state index in [1.54, 1.807) is 7.11 Å². The number of hydrogen-bond acceptors (Lipinski definition) is 1. The molecule has 0 saturated carbocycles. The molecule has 0 fully saturated rings. The fourth-order valence-electron chi connectivity index (χ4n) is 2.91. The molecule has 0 spiro atoms. The van der Waals surface area contributed by atoms with E-state index in [4.69, 9.17) is 16.3 Å². The van der Waals surface area contributed by atoms with E-state index < -0.39 is 0 Å². The highest BCUT2D eigenvalue weighted by atomic mass is 35.5. The second-order valence-corrected chi connectivity index (χ2v) is 5.30. The lowest BCUT2D eigenvalue weighted by molar-refractivity contribution is 0.415. The van der Waals surface area contributed by atoms with Crippen molar-refractivity contribution in [3.8, 4) is 17.0 Å². The maximum absolute atomic E-state index is 6.07. The Balaban J connectivity index is 1.99. The second kappa shape index (κ2) is 3.78. The number of benzene rings is 2. The Morgan fingerprint density at radius 1 is 1.16 bits per heavy atom. The van der Waals surface area contributed by atoms with Crippen molar-refractivity contribution in [1.29, 1.82) is 0 Å². The van der Waals surface area contributed by atoms with Crippen LogP contribution in [-0.4, -0.2) is 12.1 Å². The maximum atomic E-state index is 6.07. The lowest BCUT2D eigenvalue weighted by atomic mass is 10.1. The molecule has 1 aliphatic carbocycles. The first kappa shape index (κ1) is 10.9. The number of H-pyrrole nitrogens is 1. The molecule has 2 nitrogen and oxygen atoms in total. The van der Waals surface area contributed by atoms with Crippen molar-refractivity contribution < 1.29 is 4.74 Å². The van der Waals surface area contributed by atoms with Gasteiger partial charge in [0, 0.05) is 27.9 Å². The highest BCUT2D eigenvalue weighted by molar-refractivity contribution is 6.30. The van der Waals surface area contributed by atoms with Gasteiger partial charge >= 0.3 is 0 Å². The number of rotatable bonds is 1. The van der Waals surface area contributed by atoms with E-state index >= 15 is 0 Å². The van der Waals surface area contributed by atoms with Gasteiger partial charge in [0.1, 0.15) is 5.75 Å². The molecule has 0 amide bonds. The smallest absolute Gasteiger partial charge is 0.119 e. The molecule has 0 radical (unpaired) electrons. The van der Waals surface area contributed by atoms with Crippen LogP contribution in [0, 0.1) is 0 Å². The van der Waals surface area contributed by atoms with Crippen molar-refractivity contribution in [1.82, 2.24) is 4.98 Å². The number of methoxy groups -OCH3 is 1.